The molecular formula is C14H13ClF2N2. The molecule has 0 amide bonds. The van der Waals surface area contributed by atoms with Crippen molar-refractivity contribution in [2.45, 2.75) is 6.04 Å². The molecule has 0 heterocycles. The molecule has 0 aromatic heterocycles. The highest BCUT2D eigenvalue weighted by atomic mass is 35.5. The van der Waals surface area contributed by atoms with Crippen molar-refractivity contribution in [2.75, 3.05) is 11.9 Å². The molecule has 19 heavy (non-hydrogen) atoms. The van der Waals surface area contributed by atoms with Crippen LogP contribution in [0.15, 0.2) is 42.5 Å². The lowest BCUT2D eigenvalue weighted by Crippen LogP contribution is -2.21. The maximum atomic E-state index is 13.8. The molecule has 2 nitrogen and oxygen atoms in total. The third kappa shape index (κ3) is 3.43. The molecule has 3 N–H and O–H groups in total. The van der Waals surface area contributed by atoms with Gasteiger partial charge in [-0.15, -0.1) is 0 Å². The molecule has 0 bridgehead atoms. The van der Waals surface area contributed by atoms with Crippen LogP contribution in [-0.2, 0) is 0 Å². The first kappa shape index (κ1) is 13.8. The van der Waals surface area contributed by atoms with Crippen molar-refractivity contribution in [1.82, 2.24) is 0 Å². The lowest BCUT2D eigenvalue weighted by molar-refractivity contribution is 0.593. The van der Waals surface area contributed by atoms with Crippen LogP contribution in [0.2, 0.25) is 5.02 Å². The highest BCUT2D eigenvalue weighted by Crippen LogP contribution is 2.24. The molecule has 0 fully saturated rings. The highest BCUT2D eigenvalue weighted by molar-refractivity contribution is 6.30. The molecular weight excluding hydrogens is 270 g/mol. The van der Waals surface area contributed by atoms with E-state index in [1.807, 2.05) is 0 Å². The number of nitrogens with two attached hydrogens (primary N) is 1. The number of rotatable bonds is 4. The van der Waals surface area contributed by atoms with E-state index in [0.717, 1.165) is 0 Å². The largest absolute Gasteiger partial charge is 0.377 e. The standard InChI is InChI=1S/C14H13ClF2N2/c15-9-4-5-12(13(17)6-9)14(8-18)19-11-3-1-2-10(16)7-11/h1-7,14,19H,8,18H2. The maximum Gasteiger partial charge on any atom is 0.130 e. The van der Waals surface area contributed by atoms with E-state index in [2.05, 4.69) is 5.32 Å². The third-order valence-electron chi connectivity index (χ3n) is 2.74. The van der Waals surface area contributed by atoms with Gasteiger partial charge in [-0.05, 0) is 30.3 Å². The molecule has 0 saturated carbocycles. The van der Waals surface area contributed by atoms with Gasteiger partial charge in [0.1, 0.15) is 11.6 Å². The first-order valence-electron chi connectivity index (χ1n) is 5.77. The van der Waals surface area contributed by atoms with E-state index < -0.39 is 11.9 Å². The van der Waals surface area contributed by atoms with Crippen LogP contribution in [0.4, 0.5) is 14.5 Å². The van der Waals surface area contributed by atoms with Crippen LogP contribution in [0.3, 0.4) is 0 Å². The molecule has 0 saturated heterocycles. The SMILES string of the molecule is NCC(Nc1cccc(F)c1)c1ccc(Cl)cc1F. The van der Waals surface area contributed by atoms with E-state index in [1.54, 1.807) is 24.3 Å². The Kier molecular flexibility index (Phi) is 4.35. The molecule has 100 valence electrons. The summed E-state index contributed by atoms with van der Waals surface area (Å²) in [7, 11) is 0. The second kappa shape index (κ2) is 5.99. The van der Waals surface area contributed by atoms with E-state index in [0.29, 0.717) is 16.3 Å². The van der Waals surface area contributed by atoms with Crippen molar-refractivity contribution >= 4 is 17.3 Å². The Labute approximate surface area is 115 Å². The summed E-state index contributed by atoms with van der Waals surface area (Å²) in [5.41, 5.74) is 6.59. The summed E-state index contributed by atoms with van der Waals surface area (Å²) in [5, 5.41) is 3.32. The van der Waals surface area contributed by atoms with Gasteiger partial charge in [-0.25, -0.2) is 8.78 Å². The minimum Gasteiger partial charge on any atom is -0.377 e. The highest BCUT2D eigenvalue weighted by Gasteiger charge is 2.14. The van der Waals surface area contributed by atoms with E-state index in [4.69, 9.17) is 17.3 Å². The molecule has 1 unspecified atom stereocenters. The molecule has 0 aliphatic heterocycles. The summed E-state index contributed by atoms with van der Waals surface area (Å²) in [6.07, 6.45) is 0. The Morgan fingerprint density at radius 1 is 1.16 bits per heavy atom. The Morgan fingerprint density at radius 2 is 1.95 bits per heavy atom. The Bertz CT molecular complexity index is 575. The minimum absolute atomic E-state index is 0.176. The summed E-state index contributed by atoms with van der Waals surface area (Å²) in [6, 6.07) is 9.88. The minimum atomic E-state index is -0.445. The molecule has 0 aliphatic carbocycles. The lowest BCUT2D eigenvalue weighted by atomic mass is 10.1. The van der Waals surface area contributed by atoms with Gasteiger partial charge < -0.3 is 11.1 Å². The third-order valence-corrected chi connectivity index (χ3v) is 2.97. The van der Waals surface area contributed by atoms with E-state index in [9.17, 15) is 8.78 Å². The molecule has 5 heteroatoms. The average molecular weight is 283 g/mol. The Balaban J connectivity index is 2.25. The molecule has 0 radical (unpaired) electrons. The number of benzene rings is 2. The van der Waals surface area contributed by atoms with Gasteiger partial charge in [0.15, 0.2) is 0 Å². The first-order chi connectivity index (χ1) is 9.10. The monoisotopic (exact) mass is 282 g/mol. The fourth-order valence-corrected chi connectivity index (χ4v) is 1.99. The Morgan fingerprint density at radius 3 is 2.58 bits per heavy atom. The van der Waals surface area contributed by atoms with Gasteiger partial charge in [0, 0.05) is 22.8 Å². The van der Waals surface area contributed by atoms with E-state index in [-0.39, 0.29) is 12.4 Å². The first-order valence-corrected chi connectivity index (χ1v) is 6.15. The zero-order chi connectivity index (χ0) is 13.8. The predicted octanol–water partition coefficient (Wildman–Crippen LogP) is 3.73. The number of hydrogen-bond donors (Lipinski definition) is 2. The van der Waals surface area contributed by atoms with Crippen LogP contribution < -0.4 is 11.1 Å². The molecule has 2 aromatic rings. The molecule has 0 spiro atoms. The van der Waals surface area contributed by atoms with Crippen molar-refractivity contribution < 1.29 is 8.78 Å². The van der Waals surface area contributed by atoms with Gasteiger partial charge in [0.25, 0.3) is 0 Å². The van der Waals surface area contributed by atoms with E-state index >= 15 is 0 Å². The van der Waals surface area contributed by atoms with Crippen LogP contribution in [0.5, 0.6) is 0 Å². The van der Waals surface area contributed by atoms with Crippen LogP contribution in [0.25, 0.3) is 0 Å². The zero-order valence-electron chi connectivity index (χ0n) is 10.0. The van der Waals surface area contributed by atoms with Crippen LogP contribution >= 0.6 is 11.6 Å². The predicted molar refractivity (Wildman–Crippen MR) is 73.2 cm³/mol. The number of hydrogen-bond acceptors (Lipinski definition) is 2. The summed E-state index contributed by atoms with van der Waals surface area (Å²) < 4.78 is 26.9. The van der Waals surface area contributed by atoms with Gasteiger partial charge in [-0.3, -0.25) is 0 Å². The second-order valence-electron chi connectivity index (χ2n) is 4.11. The van der Waals surface area contributed by atoms with Crippen molar-refractivity contribution in [1.29, 1.82) is 0 Å². The maximum absolute atomic E-state index is 13.8. The van der Waals surface area contributed by atoms with Crippen molar-refractivity contribution in [3.63, 3.8) is 0 Å². The van der Waals surface area contributed by atoms with Gasteiger partial charge >= 0.3 is 0 Å². The number of anilines is 1. The van der Waals surface area contributed by atoms with Gasteiger partial charge in [0.2, 0.25) is 0 Å². The number of halogens is 3. The van der Waals surface area contributed by atoms with Crippen molar-refractivity contribution in [2.24, 2.45) is 5.73 Å². The normalized spacial score (nSPS) is 12.2. The quantitative estimate of drug-likeness (QED) is 0.897. The summed E-state index contributed by atoms with van der Waals surface area (Å²) in [5.74, 6) is -0.802. The molecule has 0 aliphatic rings. The molecule has 2 rings (SSSR count). The number of nitrogens with one attached hydrogen (secondary N) is 1. The zero-order valence-corrected chi connectivity index (χ0v) is 10.8. The van der Waals surface area contributed by atoms with Crippen molar-refractivity contribution in [3.05, 3.63) is 64.7 Å². The smallest absolute Gasteiger partial charge is 0.130 e. The summed E-state index contributed by atoms with van der Waals surface area (Å²) >= 11 is 5.70. The second-order valence-corrected chi connectivity index (χ2v) is 4.55. The summed E-state index contributed by atoms with van der Waals surface area (Å²) in [6.45, 7) is 0.176. The Hall–Kier alpha value is -1.65. The van der Waals surface area contributed by atoms with Gasteiger partial charge in [-0.2, -0.15) is 0 Å². The fourth-order valence-electron chi connectivity index (χ4n) is 1.83. The summed E-state index contributed by atoms with van der Waals surface area (Å²) in [4.78, 5) is 0. The van der Waals surface area contributed by atoms with Crippen LogP contribution in [0.1, 0.15) is 11.6 Å². The van der Waals surface area contributed by atoms with Crippen LogP contribution in [0, 0.1) is 11.6 Å². The fraction of sp³-hybridized carbons (Fsp3) is 0.143. The topological polar surface area (TPSA) is 38.0 Å². The average Bonchev–Trinajstić information content (AvgIpc) is 2.37. The van der Waals surface area contributed by atoms with E-state index in [1.165, 1.54) is 18.2 Å². The molecule has 1 atom stereocenters. The van der Waals surface area contributed by atoms with Gasteiger partial charge in [-0.1, -0.05) is 23.7 Å². The molecule has 2 aromatic carbocycles. The van der Waals surface area contributed by atoms with Crippen molar-refractivity contribution in [3.8, 4) is 0 Å². The lowest BCUT2D eigenvalue weighted by Gasteiger charge is -2.19. The van der Waals surface area contributed by atoms with Crippen LogP contribution in [-0.4, -0.2) is 6.54 Å². The van der Waals surface area contributed by atoms with Gasteiger partial charge in [0.05, 0.1) is 6.04 Å².